The second-order valence-corrected chi connectivity index (χ2v) is 10.8. The van der Waals surface area contributed by atoms with Gasteiger partial charge in [0.25, 0.3) is 0 Å². The Bertz CT molecular complexity index is 899. The number of aryl methyl sites for hydroxylation is 2. The summed E-state index contributed by atoms with van der Waals surface area (Å²) in [5.41, 5.74) is 11.1. The molecule has 0 unspecified atom stereocenters. The first-order chi connectivity index (χ1) is 18.2. The van der Waals surface area contributed by atoms with Crippen LogP contribution in [-0.4, -0.2) is 15.0 Å². The van der Waals surface area contributed by atoms with Gasteiger partial charge < -0.3 is 0 Å². The molecule has 2 aromatic carbocycles. The molecule has 4 heteroatoms. The van der Waals surface area contributed by atoms with Crippen LogP contribution in [0.3, 0.4) is 0 Å². The number of benzene rings is 2. The lowest BCUT2D eigenvalue weighted by molar-refractivity contribution is 0.391. The summed E-state index contributed by atoms with van der Waals surface area (Å²) < 4.78 is 1.78. The summed E-state index contributed by atoms with van der Waals surface area (Å²) >= 11 is 0. The average Bonchev–Trinajstić information content (AvgIpc) is 3.48. The van der Waals surface area contributed by atoms with Gasteiger partial charge in [-0.15, -0.1) is 5.10 Å². The molecule has 0 atom stereocenters. The molecule has 4 nitrogen and oxygen atoms in total. The van der Waals surface area contributed by atoms with Crippen LogP contribution in [0.25, 0.3) is 0 Å². The smallest absolute Gasteiger partial charge is 0.163 e. The van der Waals surface area contributed by atoms with E-state index in [0.29, 0.717) is 0 Å². The van der Waals surface area contributed by atoms with Gasteiger partial charge in [-0.25, -0.2) is 4.68 Å². The highest BCUT2D eigenvalue weighted by molar-refractivity contribution is 5.40. The second-order valence-electron chi connectivity index (χ2n) is 10.8. The highest BCUT2D eigenvalue weighted by Gasteiger charge is 2.32. The van der Waals surface area contributed by atoms with Crippen molar-refractivity contribution >= 4 is 0 Å². The van der Waals surface area contributed by atoms with Gasteiger partial charge in [0.1, 0.15) is 0 Å². The average molecular weight is 503 g/mol. The molecule has 0 amide bonds. The predicted molar refractivity (Wildman–Crippen MR) is 157 cm³/mol. The van der Waals surface area contributed by atoms with Crippen LogP contribution in [0.15, 0.2) is 60.9 Å². The van der Waals surface area contributed by atoms with Crippen LogP contribution < -0.4 is 5.73 Å². The van der Waals surface area contributed by atoms with E-state index < -0.39 is 5.66 Å². The molecule has 3 rings (SSSR count). The van der Waals surface area contributed by atoms with Gasteiger partial charge in [-0.1, -0.05) is 145 Å². The molecule has 37 heavy (non-hydrogen) atoms. The molecule has 0 radical (unpaired) electrons. The van der Waals surface area contributed by atoms with E-state index in [4.69, 9.17) is 5.73 Å². The molecule has 0 bridgehead atoms. The zero-order valence-corrected chi connectivity index (χ0v) is 23.5. The summed E-state index contributed by atoms with van der Waals surface area (Å²) in [5, 5.41) is 8.37. The van der Waals surface area contributed by atoms with E-state index in [-0.39, 0.29) is 0 Å². The van der Waals surface area contributed by atoms with Gasteiger partial charge in [-0.2, -0.15) is 0 Å². The zero-order chi connectivity index (χ0) is 26.2. The van der Waals surface area contributed by atoms with Gasteiger partial charge in [0, 0.05) is 6.20 Å². The van der Waals surface area contributed by atoms with Gasteiger partial charge >= 0.3 is 0 Å². The maximum absolute atomic E-state index is 7.13. The number of hydrogen-bond donors (Lipinski definition) is 1. The van der Waals surface area contributed by atoms with Gasteiger partial charge in [0.15, 0.2) is 5.66 Å². The van der Waals surface area contributed by atoms with Gasteiger partial charge in [0.05, 0.1) is 6.20 Å². The molecule has 1 heterocycles. The fourth-order valence-corrected chi connectivity index (χ4v) is 5.25. The van der Waals surface area contributed by atoms with Crippen molar-refractivity contribution in [3.05, 3.63) is 83.2 Å². The Balaban J connectivity index is 1.59. The van der Waals surface area contributed by atoms with Crippen LogP contribution in [0.4, 0.5) is 0 Å². The standard InChI is InChI=1S/C33H50N4/c1-3-5-7-9-11-13-15-17-29-19-23-31(24-20-29)33(34,37-28-27-35-36-37)32-25-21-30(22-26-32)18-16-14-12-10-8-6-4-2/h19-28H,3-18,34H2,1-2H3. The zero-order valence-electron chi connectivity index (χ0n) is 23.5. The summed E-state index contributed by atoms with van der Waals surface area (Å²) in [4.78, 5) is 0. The van der Waals surface area contributed by atoms with Crippen molar-refractivity contribution in [1.29, 1.82) is 0 Å². The third-order valence-corrected chi connectivity index (χ3v) is 7.71. The SMILES string of the molecule is CCCCCCCCCc1ccc(C(N)(c2ccc(CCCCCCCCC)cc2)n2ccnn2)cc1. The summed E-state index contributed by atoms with van der Waals surface area (Å²) in [6, 6.07) is 17.6. The van der Waals surface area contributed by atoms with E-state index >= 15 is 0 Å². The Morgan fingerprint density at radius 2 is 1.00 bits per heavy atom. The van der Waals surface area contributed by atoms with E-state index in [9.17, 15) is 0 Å². The van der Waals surface area contributed by atoms with Crippen LogP contribution >= 0.6 is 0 Å². The summed E-state index contributed by atoms with van der Waals surface area (Å²) in [6.07, 6.45) is 24.5. The first kappa shape index (κ1) is 29.1. The van der Waals surface area contributed by atoms with Crippen LogP contribution in [0.1, 0.15) is 126 Å². The molecular weight excluding hydrogens is 452 g/mol. The number of unbranched alkanes of at least 4 members (excludes halogenated alkanes) is 12. The second kappa shape index (κ2) is 16.4. The van der Waals surface area contributed by atoms with Crippen molar-refractivity contribution in [2.75, 3.05) is 0 Å². The van der Waals surface area contributed by atoms with Crippen molar-refractivity contribution in [3.63, 3.8) is 0 Å². The lowest BCUT2D eigenvalue weighted by Gasteiger charge is -2.31. The Hall–Kier alpha value is -2.46. The predicted octanol–water partition coefficient (Wildman–Crippen LogP) is 8.57. The van der Waals surface area contributed by atoms with Crippen LogP contribution in [0, 0.1) is 0 Å². The van der Waals surface area contributed by atoms with E-state index in [1.54, 1.807) is 10.9 Å². The lowest BCUT2D eigenvalue weighted by atomic mass is 9.90. The molecule has 1 aromatic heterocycles. The van der Waals surface area contributed by atoms with E-state index in [1.165, 1.54) is 101 Å². The van der Waals surface area contributed by atoms with Crippen molar-refractivity contribution in [2.24, 2.45) is 5.73 Å². The fraction of sp³-hybridized carbons (Fsp3) is 0.576. The van der Waals surface area contributed by atoms with Crippen molar-refractivity contribution in [3.8, 4) is 0 Å². The highest BCUT2D eigenvalue weighted by Crippen LogP contribution is 2.29. The molecule has 0 fully saturated rings. The van der Waals surface area contributed by atoms with E-state index in [2.05, 4.69) is 72.7 Å². The number of nitrogens with zero attached hydrogens (tertiary/aromatic N) is 3. The molecule has 0 aliphatic carbocycles. The molecule has 0 saturated carbocycles. The topological polar surface area (TPSA) is 56.7 Å². The monoisotopic (exact) mass is 502 g/mol. The van der Waals surface area contributed by atoms with E-state index in [0.717, 1.165) is 24.0 Å². The van der Waals surface area contributed by atoms with Crippen LogP contribution in [0.2, 0.25) is 0 Å². The molecule has 0 aliphatic rings. The fourth-order valence-electron chi connectivity index (χ4n) is 5.25. The normalized spacial score (nSPS) is 11.8. The minimum absolute atomic E-state index is 0.883. The van der Waals surface area contributed by atoms with E-state index in [1.807, 2.05) is 6.20 Å². The van der Waals surface area contributed by atoms with Gasteiger partial charge in [-0.05, 0) is 47.9 Å². The molecule has 0 spiro atoms. The summed E-state index contributed by atoms with van der Waals surface area (Å²) in [6.45, 7) is 4.55. The third-order valence-electron chi connectivity index (χ3n) is 7.71. The van der Waals surface area contributed by atoms with Crippen LogP contribution in [0.5, 0.6) is 0 Å². The number of nitrogens with two attached hydrogens (primary N) is 1. The number of aromatic nitrogens is 3. The Morgan fingerprint density at radius 1 is 0.595 bits per heavy atom. The maximum Gasteiger partial charge on any atom is 0.163 e. The van der Waals surface area contributed by atoms with Crippen molar-refractivity contribution in [1.82, 2.24) is 15.0 Å². The number of rotatable bonds is 19. The van der Waals surface area contributed by atoms with Crippen molar-refractivity contribution < 1.29 is 0 Å². The largest absolute Gasteiger partial charge is 0.299 e. The quantitative estimate of drug-likeness (QED) is 0.167. The van der Waals surface area contributed by atoms with Crippen molar-refractivity contribution in [2.45, 2.75) is 122 Å². The maximum atomic E-state index is 7.13. The highest BCUT2D eigenvalue weighted by atomic mass is 15.5. The van der Waals surface area contributed by atoms with Gasteiger partial charge in [-0.3, -0.25) is 5.73 Å². The number of hydrogen-bond acceptors (Lipinski definition) is 3. The first-order valence-electron chi connectivity index (χ1n) is 15.0. The summed E-state index contributed by atoms with van der Waals surface area (Å²) in [5.74, 6) is 0. The molecule has 202 valence electrons. The van der Waals surface area contributed by atoms with Crippen LogP contribution in [-0.2, 0) is 18.5 Å². The Kier molecular flexibility index (Phi) is 12.9. The Labute approximate surface area is 226 Å². The summed E-state index contributed by atoms with van der Waals surface area (Å²) in [7, 11) is 0. The minimum atomic E-state index is -0.883. The molecule has 3 aromatic rings. The lowest BCUT2D eigenvalue weighted by Crippen LogP contribution is -2.45. The molecule has 2 N–H and O–H groups in total. The molecular formula is C33H50N4. The molecule has 0 saturated heterocycles. The van der Waals surface area contributed by atoms with Gasteiger partial charge in [0.2, 0.25) is 0 Å². The Morgan fingerprint density at radius 3 is 1.38 bits per heavy atom. The first-order valence-corrected chi connectivity index (χ1v) is 15.0. The minimum Gasteiger partial charge on any atom is -0.299 e. The third kappa shape index (κ3) is 9.10. The molecule has 0 aliphatic heterocycles.